The normalized spacial score (nSPS) is 10.3. The summed E-state index contributed by atoms with van der Waals surface area (Å²) < 4.78 is 11.0. The first-order valence-electron chi connectivity index (χ1n) is 8.14. The van der Waals surface area contributed by atoms with E-state index in [9.17, 15) is 4.79 Å². The van der Waals surface area contributed by atoms with Crippen LogP contribution in [0.3, 0.4) is 0 Å². The molecule has 1 amide bonds. The van der Waals surface area contributed by atoms with E-state index in [1.165, 1.54) is 11.3 Å². The Balaban J connectivity index is 1.50. The molecule has 0 unspecified atom stereocenters. The summed E-state index contributed by atoms with van der Waals surface area (Å²) in [7, 11) is 1.60. The van der Waals surface area contributed by atoms with Crippen molar-refractivity contribution in [2.45, 2.75) is 13.0 Å². The smallest absolute Gasteiger partial charge is 0.270 e. The molecule has 3 aromatic rings. The standard InChI is InChI=1S/C19H19N3O3S/c1-24-16-7-2-3-8-17(16)25-12-18-22-15(13-26-18)19(23)21-11-9-14-6-4-5-10-20-14/h2-8,10,13H,9,11-12H2,1H3,(H,21,23). The van der Waals surface area contributed by atoms with Crippen LogP contribution in [-0.4, -0.2) is 29.5 Å². The number of aromatic nitrogens is 2. The third kappa shape index (κ3) is 4.80. The van der Waals surface area contributed by atoms with Crippen molar-refractivity contribution in [1.29, 1.82) is 0 Å². The van der Waals surface area contributed by atoms with Crippen LogP contribution in [0.25, 0.3) is 0 Å². The minimum Gasteiger partial charge on any atom is -0.493 e. The minimum atomic E-state index is -0.194. The van der Waals surface area contributed by atoms with Crippen LogP contribution in [0.2, 0.25) is 0 Å². The predicted octanol–water partition coefficient (Wildman–Crippen LogP) is 3.10. The van der Waals surface area contributed by atoms with Crippen molar-refractivity contribution < 1.29 is 14.3 Å². The Bertz CT molecular complexity index is 852. The first-order chi connectivity index (χ1) is 12.8. The average molecular weight is 369 g/mol. The minimum absolute atomic E-state index is 0.194. The van der Waals surface area contributed by atoms with E-state index in [1.807, 2.05) is 42.5 Å². The molecule has 0 atom stereocenters. The summed E-state index contributed by atoms with van der Waals surface area (Å²) in [6.07, 6.45) is 2.42. The number of hydrogen-bond donors (Lipinski definition) is 1. The summed E-state index contributed by atoms with van der Waals surface area (Å²) in [5, 5.41) is 5.32. The molecule has 0 radical (unpaired) electrons. The monoisotopic (exact) mass is 369 g/mol. The van der Waals surface area contributed by atoms with Gasteiger partial charge in [-0.3, -0.25) is 9.78 Å². The molecule has 2 heterocycles. The lowest BCUT2D eigenvalue weighted by Gasteiger charge is -2.08. The number of carbonyl (C=O) groups excluding carboxylic acids is 1. The fourth-order valence-electron chi connectivity index (χ4n) is 2.30. The van der Waals surface area contributed by atoms with Crippen molar-refractivity contribution in [1.82, 2.24) is 15.3 Å². The zero-order valence-corrected chi connectivity index (χ0v) is 15.2. The number of rotatable bonds is 8. The van der Waals surface area contributed by atoms with Gasteiger partial charge >= 0.3 is 0 Å². The zero-order chi connectivity index (χ0) is 18.2. The second-order valence-corrected chi connectivity index (χ2v) is 6.34. The highest BCUT2D eigenvalue weighted by Gasteiger charge is 2.11. The number of nitrogens with zero attached hydrogens (tertiary/aromatic N) is 2. The van der Waals surface area contributed by atoms with Gasteiger partial charge in [0.15, 0.2) is 11.5 Å². The molecule has 2 aromatic heterocycles. The number of methoxy groups -OCH3 is 1. The Hall–Kier alpha value is -2.93. The lowest BCUT2D eigenvalue weighted by Crippen LogP contribution is -2.26. The fraction of sp³-hybridized carbons (Fsp3) is 0.211. The maximum atomic E-state index is 12.2. The summed E-state index contributed by atoms with van der Waals surface area (Å²) in [6, 6.07) is 13.1. The molecular formula is C19H19N3O3S. The van der Waals surface area contributed by atoms with Gasteiger partial charge in [0, 0.05) is 30.2 Å². The van der Waals surface area contributed by atoms with E-state index in [4.69, 9.17) is 9.47 Å². The maximum Gasteiger partial charge on any atom is 0.270 e. The van der Waals surface area contributed by atoms with Gasteiger partial charge in [0.1, 0.15) is 17.3 Å². The quantitative estimate of drug-likeness (QED) is 0.660. The summed E-state index contributed by atoms with van der Waals surface area (Å²) in [6.45, 7) is 0.798. The van der Waals surface area contributed by atoms with Gasteiger partial charge in [-0.25, -0.2) is 4.98 Å². The van der Waals surface area contributed by atoms with Gasteiger partial charge < -0.3 is 14.8 Å². The number of para-hydroxylation sites is 2. The Morgan fingerprint density at radius 2 is 1.96 bits per heavy atom. The summed E-state index contributed by atoms with van der Waals surface area (Å²) in [5.41, 5.74) is 1.34. The van der Waals surface area contributed by atoms with Gasteiger partial charge in [-0.15, -0.1) is 11.3 Å². The van der Waals surface area contributed by atoms with Gasteiger partial charge in [-0.05, 0) is 24.3 Å². The molecule has 0 spiro atoms. The van der Waals surface area contributed by atoms with E-state index in [1.54, 1.807) is 18.7 Å². The van der Waals surface area contributed by atoms with Gasteiger partial charge in [0.2, 0.25) is 0 Å². The van der Waals surface area contributed by atoms with Crippen molar-refractivity contribution >= 4 is 17.2 Å². The highest BCUT2D eigenvalue weighted by Crippen LogP contribution is 2.27. The molecule has 0 bridgehead atoms. The van der Waals surface area contributed by atoms with E-state index in [2.05, 4.69) is 15.3 Å². The van der Waals surface area contributed by atoms with Gasteiger partial charge in [0.25, 0.3) is 5.91 Å². The first-order valence-corrected chi connectivity index (χ1v) is 9.02. The van der Waals surface area contributed by atoms with Crippen LogP contribution in [0.1, 0.15) is 21.2 Å². The Kier molecular flexibility index (Phi) is 6.16. The van der Waals surface area contributed by atoms with Gasteiger partial charge in [0.05, 0.1) is 7.11 Å². The summed E-state index contributed by atoms with van der Waals surface area (Å²) >= 11 is 1.39. The molecule has 0 saturated carbocycles. The number of benzene rings is 1. The molecule has 26 heavy (non-hydrogen) atoms. The van der Waals surface area contributed by atoms with Crippen LogP contribution in [-0.2, 0) is 13.0 Å². The SMILES string of the molecule is COc1ccccc1OCc1nc(C(=O)NCCc2ccccn2)cs1. The van der Waals surface area contributed by atoms with Crippen LogP contribution in [0.15, 0.2) is 54.0 Å². The molecule has 1 aromatic carbocycles. The van der Waals surface area contributed by atoms with Crippen molar-refractivity contribution in [2.24, 2.45) is 0 Å². The fourth-order valence-corrected chi connectivity index (χ4v) is 2.99. The number of amides is 1. The van der Waals surface area contributed by atoms with E-state index >= 15 is 0 Å². The third-order valence-electron chi connectivity index (χ3n) is 3.60. The number of hydrogen-bond acceptors (Lipinski definition) is 6. The van der Waals surface area contributed by atoms with Crippen molar-refractivity contribution in [3.8, 4) is 11.5 Å². The van der Waals surface area contributed by atoms with Crippen molar-refractivity contribution in [3.05, 3.63) is 70.4 Å². The van der Waals surface area contributed by atoms with Gasteiger partial charge in [-0.1, -0.05) is 18.2 Å². The number of ether oxygens (including phenoxy) is 2. The van der Waals surface area contributed by atoms with E-state index in [0.717, 1.165) is 10.7 Å². The van der Waals surface area contributed by atoms with E-state index in [0.29, 0.717) is 30.2 Å². The molecule has 3 rings (SSSR count). The Morgan fingerprint density at radius 3 is 2.73 bits per heavy atom. The van der Waals surface area contributed by atoms with E-state index < -0.39 is 0 Å². The molecule has 134 valence electrons. The molecule has 6 nitrogen and oxygen atoms in total. The van der Waals surface area contributed by atoms with Crippen LogP contribution < -0.4 is 14.8 Å². The lowest BCUT2D eigenvalue weighted by molar-refractivity contribution is 0.0949. The third-order valence-corrected chi connectivity index (χ3v) is 4.42. The van der Waals surface area contributed by atoms with Crippen molar-refractivity contribution in [3.63, 3.8) is 0 Å². The molecule has 0 aliphatic carbocycles. The largest absolute Gasteiger partial charge is 0.493 e. The summed E-state index contributed by atoms with van der Waals surface area (Å²) in [4.78, 5) is 20.7. The molecule has 0 fully saturated rings. The number of pyridine rings is 1. The molecule has 1 N–H and O–H groups in total. The molecular weight excluding hydrogens is 350 g/mol. The van der Waals surface area contributed by atoms with Crippen molar-refractivity contribution in [2.75, 3.05) is 13.7 Å². The molecule has 0 aliphatic heterocycles. The average Bonchev–Trinajstić information content (AvgIpc) is 3.16. The van der Waals surface area contributed by atoms with Gasteiger partial charge in [-0.2, -0.15) is 0 Å². The molecule has 7 heteroatoms. The second kappa shape index (κ2) is 8.96. The maximum absolute atomic E-state index is 12.2. The molecule has 0 aliphatic rings. The Morgan fingerprint density at radius 1 is 1.15 bits per heavy atom. The number of thiazole rings is 1. The zero-order valence-electron chi connectivity index (χ0n) is 14.3. The second-order valence-electron chi connectivity index (χ2n) is 5.39. The van der Waals surface area contributed by atoms with Crippen LogP contribution in [0.5, 0.6) is 11.5 Å². The number of nitrogens with one attached hydrogen (secondary N) is 1. The highest BCUT2D eigenvalue weighted by atomic mass is 32.1. The predicted molar refractivity (Wildman–Crippen MR) is 99.7 cm³/mol. The first kappa shape index (κ1) is 17.9. The van der Waals surface area contributed by atoms with Crippen LogP contribution >= 0.6 is 11.3 Å². The Labute approximate surface area is 155 Å². The summed E-state index contributed by atoms with van der Waals surface area (Å²) in [5.74, 6) is 1.11. The van der Waals surface area contributed by atoms with Crippen LogP contribution in [0, 0.1) is 0 Å². The van der Waals surface area contributed by atoms with E-state index in [-0.39, 0.29) is 12.5 Å². The topological polar surface area (TPSA) is 73.3 Å². The molecule has 0 saturated heterocycles. The lowest BCUT2D eigenvalue weighted by atomic mass is 10.2. The number of carbonyl (C=O) groups is 1. The highest BCUT2D eigenvalue weighted by molar-refractivity contribution is 7.09. The van der Waals surface area contributed by atoms with Crippen LogP contribution in [0.4, 0.5) is 0 Å².